The van der Waals surface area contributed by atoms with Gasteiger partial charge in [-0.3, -0.25) is 13.9 Å². The monoisotopic (exact) mass is 551 g/mol. The van der Waals surface area contributed by atoms with Crippen molar-refractivity contribution in [2.75, 3.05) is 30.8 Å². The highest BCUT2D eigenvalue weighted by Gasteiger charge is 2.29. The molecule has 2 aromatic carbocycles. The van der Waals surface area contributed by atoms with Gasteiger partial charge < -0.3 is 15.0 Å². The molecule has 8 nitrogen and oxygen atoms in total. The van der Waals surface area contributed by atoms with Crippen molar-refractivity contribution in [1.82, 2.24) is 10.2 Å². The molecule has 1 atom stereocenters. The van der Waals surface area contributed by atoms with Gasteiger partial charge in [0.25, 0.3) is 0 Å². The normalized spacial score (nSPS) is 12.2. The number of benzene rings is 2. The number of halogens is 1. The lowest BCUT2D eigenvalue weighted by molar-refractivity contribution is -0.141. The lowest BCUT2D eigenvalue weighted by Gasteiger charge is -2.31. The van der Waals surface area contributed by atoms with Crippen LogP contribution < -0.4 is 14.4 Å². The van der Waals surface area contributed by atoms with Crippen molar-refractivity contribution in [3.63, 3.8) is 0 Å². The van der Waals surface area contributed by atoms with Crippen LogP contribution in [0.25, 0.3) is 0 Å². The Morgan fingerprint density at radius 1 is 1.11 bits per heavy atom. The van der Waals surface area contributed by atoms with Crippen LogP contribution in [-0.2, 0) is 26.2 Å². The second-order valence-corrected chi connectivity index (χ2v) is 11.6. The van der Waals surface area contributed by atoms with Gasteiger partial charge in [0.05, 0.1) is 19.1 Å². The van der Waals surface area contributed by atoms with Crippen LogP contribution in [0.2, 0.25) is 5.02 Å². The fraction of sp³-hybridized carbons (Fsp3) is 0.481. The summed E-state index contributed by atoms with van der Waals surface area (Å²) in [7, 11) is -2.08. The Hall–Kier alpha value is -2.78. The van der Waals surface area contributed by atoms with Crippen LogP contribution in [0, 0.1) is 5.92 Å². The van der Waals surface area contributed by atoms with Gasteiger partial charge in [0.2, 0.25) is 21.8 Å². The fourth-order valence-corrected chi connectivity index (χ4v) is 5.07. The average Bonchev–Trinajstić information content (AvgIpc) is 2.85. The summed E-state index contributed by atoms with van der Waals surface area (Å²) in [5, 5.41) is 3.44. The van der Waals surface area contributed by atoms with E-state index in [0.717, 1.165) is 11.8 Å². The van der Waals surface area contributed by atoms with Crippen LogP contribution in [-0.4, -0.2) is 57.6 Å². The van der Waals surface area contributed by atoms with E-state index in [-0.39, 0.29) is 43.7 Å². The second kappa shape index (κ2) is 14.2. The number of rotatable bonds is 14. The SMILES string of the molecule is CC[C@@H](C(=O)NCC(C)C)N(Cc1ccccc1Cl)C(=O)CCCN(c1cccc(OC)c1)S(C)(=O)=O. The Morgan fingerprint density at radius 3 is 2.41 bits per heavy atom. The first-order valence-corrected chi connectivity index (χ1v) is 14.6. The molecule has 2 rings (SSSR count). The van der Waals surface area contributed by atoms with Crippen LogP contribution in [0.1, 0.15) is 45.6 Å². The second-order valence-electron chi connectivity index (χ2n) is 9.32. The fourth-order valence-electron chi connectivity index (χ4n) is 3.92. The van der Waals surface area contributed by atoms with Crippen LogP contribution >= 0.6 is 11.6 Å². The van der Waals surface area contributed by atoms with Crippen molar-refractivity contribution in [3.05, 3.63) is 59.1 Å². The number of amides is 2. The van der Waals surface area contributed by atoms with E-state index in [1.165, 1.54) is 11.4 Å². The first-order valence-electron chi connectivity index (χ1n) is 12.4. The van der Waals surface area contributed by atoms with Gasteiger partial charge in [-0.1, -0.05) is 56.6 Å². The van der Waals surface area contributed by atoms with Gasteiger partial charge in [-0.25, -0.2) is 8.42 Å². The lowest BCUT2D eigenvalue weighted by Crippen LogP contribution is -2.49. The first kappa shape index (κ1) is 30.4. The molecule has 0 aliphatic carbocycles. The minimum Gasteiger partial charge on any atom is -0.497 e. The zero-order valence-corrected chi connectivity index (χ0v) is 23.8. The summed E-state index contributed by atoms with van der Waals surface area (Å²) < 4.78 is 31.5. The number of hydrogen-bond acceptors (Lipinski definition) is 5. The summed E-state index contributed by atoms with van der Waals surface area (Å²) in [6, 6.07) is 13.3. The number of carbonyl (C=O) groups excluding carboxylic acids is 2. The number of hydrogen-bond donors (Lipinski definition) is 1. The summed E-state index contributed by atoms with van der Waals surface area (Å²) in [4.78, 5) is 28.1. The van der Waals surface area contributed by atoms with Crippen molar-refractivity contribution in [1.29, 1.82) is 0 Å². The smallest absolute Gasteiger partial charge is 0.242 e. The van der Waals surface area contributed by atoms with Gasteiger partial charge in [-0.15, -0.1) is 0 Å². The molecule has 1 N–H and O–H groups in total. The van der Waals surface area contributed by atoms with Crippen molar-refractivity contribution in [3.8, 4) is 5.75 Å². The summed E-state index contributed by atoms with van der Waals surface area (Å²) in [6.45, 7) is 6.66. The number of carbonyl (C=O) groups is 2. The summed E-state index contributed by atoms with van der Waals surface area (Å²) in [5.74, 6) is 0.343. The van der Waals surface area contributed by atoms with E-state index in [2.05, 4.69) is 5.32 Å². The van der Waals surface area contributed by atoms with Crippen LogP contribution in [0.3, 0.4) is 0 Å². The molecule has 0 fully saturated rings. The minimum atomic E-state index is -3.59. The maximum atomic E-state index is 13.5. The van der Waals surface area contributed by atoms with Crippen LogP contribution in [0.15, 0.2) is 48.5 Å². The highest BCUT2D eigenvalue weighted by Crippen LogP contribution is 2.24. The first-order chi connectivity index (χ1) is 17.5. The van der Waals surface area contributed by atoms with Gasteiger partial charge >= 0.3 is 0 Å². The van der Waals surface area contributed by atoms with Crippen molar-refractivity contribution in [2.45, 2.75) is 52.6 Å². The number of methoxy groups -OCH3 is 1. The largest absolute Gasteiger partial charge is 0.497 e. The molecule has 2 aromatic rings. The molecule has 0 spiro atoms. The van der Waals surface area contributed by atoms with Gasteiger partial charge in [-0.2, -0.15) is 0 Å². The van der Waals surface area contributed by atoms with E-state index in [0.29, 0.717) is 29.4 Å². The third kappa shape index (κ3) is 9.23. The number of nitrogens with one attached hydrogen (secondary N) is 1. The third-order valence-electron chi connectivity index (χ3n) is 5.86. The molecule has 0 radical (unpaired) electrons. The molecule has 0 bridgehead atoms. The predicted octanol–water partition coefficient (Wildman–Crippen LogP) is 4.47. The van der Waals surface area contributed by atoms with Gasteiger partial charge in [-0.05, 0) is 42.5 Å². The van der Waals surface area contributed by atoms with Gasteiger partial charge in [0.15, 0.2) is 0 Å². The number of ether oxygens (including phenoxy) is 1. The molecular weight excluding hydrogens is 514 g/mol. The molecule has 2 amide bonds. The quantitative estimate of drug-likeness (QED) is 0.373. The summed E-state index contributed by atoms with van der Waals surface area (Å²) in [6.07, 6.45) is 1.89. The number of anilines is 1. The van der Waals surface area contributed by atoms with E-state index in [9.17, 15) is 18.0 Å². The maximum Gasteiger partial charge on any atom is 0.242 e. The van der Waals surface area contributed by atoms with Crippen LogP contribution in [0.4, 0.5) is 5.69 Å². The number of nitrogens with zero attached hydrogens (tertiary/aromatic N) is 2. The topological polar surface area (TPSA) is 96.0 Å². The number of sulfonamides is 1. The van der Waals surface area contributed by atoms with Gasteiger partial charge in [0, 0.05) is 37.1 Å². The highest BCUT2D eigenvalue weighted by molar-refractivity contribution is 7.92. The molecule has 10 heteroatoms. The zero-order valence-electron chi connectivity index (χ0n) is 22.2. The molecule has 0 saturated heterocycles. The molecule has 0 saturated carbocycles. The maximum absolute atomic E-state index is 13.5. The van der Waals surface area contributed by atoms with E-state index in [4.69, 9.17) is 16.3 Å². The van der Waals surface area contributed by atoms with Gasteiger partial charge in [0.1, 0.15) is 11.8 Å². The minimum absolute atomic E-state index is 0.0639. The molecular formula is C27H38ClN3O5S. The molecule has 0 aliphatic rings. The highest BCUT2D eigenvalue weighted by atomic mass is 35.5. The average molecular weight is 552 g/mol. The Kier molecular flexibility index (Phi) is 11.7. The zero-order chi connectivity index (χ0) is 27.6. The third-order valence-corrected chi connectivity index (χ3v) is 7.43. The Morgan fingerprint density at radius 2 is 1.81 bits per heavy atom. The standard InChI is InChI=1S/C27H38ClN3O5S/c1-6-25(27(33)29-18-20(2)3)30(19-21-11-7-8-14-24(21)28)26(32)15-10-16-31(37(5,34)35)22-12-9-13-23(17-22)36-4/h7-9,11-14,17,20,25H,6,10,15-16,18-19H2,1-5H3,(H,29,33)/t25-/m0/s1. The Bertz CT molecular complexity index is 1160. The molecule has 0 heterocycles. The van der Waals surface area contributed by atoms with Crippen molar-refractivity contribution < 1.29 is 22.7 Å². The Balaban J connectivity index is 2.23. The lowest BCUT2D eigenvalue weighted by atomic mass is 10.1. The molecule has 0 aromatic heterocycles. The molecule has 0 aliphatic heterocycles. The molecule has 204 valence electrons. The summed E-state index contributed by atoms with van der Waals surface area (Å²) >= 11 is 6.37. The molecule has 37 heavy (non-hydrogen) atoms. The van der Waals surface area contributed by atoms with Crippen molar-refractivity contribution >= 4 is 39.1 Å². The van der Waals surface area contributed by atoms with E-state index in [1.54, 1.807) is 35.2 Å². The Labute approximate surface area is 226 Å². The predicted molar refractivity (Wildman–Crippen MR) is 148 cm³/mol. The van der Waals surface area contributed by atoms with E-state index in [1.807, 2.05) is 39.0 Å². The van der Waals surface area contributed by atoms with E-state index < -0.39 is 16.1 Å². The van der Waals surface area contributed by atoms with Crippen molar-refractivity contribution in [2.24, 2.45) is 5.92 Å². The molecule has 0 unspecified atom stereocenters. The summed E-state index contributed by atoms with van der Waals surface area (Å²) in [5.41, 5.74) is 1.20. The van der Waals surface area contributed by atoms with Crippen LogP contribution in [0.5, 0.6) is 5.75 Å². The van der Waals surface area contributed by atoms with E-state index >= 15 is 0 Å².